The first-order chi connectivity index (χ1) is 20.7. The lowest BCUT2D eigenvalue weighted by atomic mass is 10.0. The Labute approximate surface area is 256 Å². The van der Waals surface area contributed by atoms with Crippen molar-refractivity contribution < 1.29 is 27.4 Å². The van der Waals surface area contributed by atoms with Crippen molar-refractivity contribution in [3.8, 4) is 0 Å². The van der Waals surface area contributed by atoms with Crippen LogP contribution in [0.5, 0.6) is 0 Å². The lowest BCUT2D eigenvalue weighted by molar-refractivity contribution is -0.121. The van der Waals surface area contributed by atoms with Gasteiger partial charge in [-0.2, -0.15) is 30.4 Å². The molecule has 232 valence electrons. The van der Waals surface area contributed by atoms with Gasteiger partial charge in [-0.15, -0.1) is 0 Å². The largest absolute Gasteiger partial charge is 0.356 e. The molecule has 2 aliphatic heterocycles. The monoisotopic (exact) mass is 630 g/mol. The van der Waals surface area contributed by atoms with E-state index in [1.807, 2.05) is 11.8 Å². The predicted molar refractivity (Wildman–Crippen MR) is 165 cm³/mol. The molecular formula is C29H38N6O6S2. The first-order valence-electron chi connectivity index (χ1n) is 14.5. The van der Waals surface area contributed by atoms with Gasteiger partial charge in [0.25, 0.3) is 16.0 Å². The van der Waals surface area contributed by atoms with E-state index in [0.717, 1.165) is 50.7 Å². The summed E-state index contributed by atoms with van der Waals surface area (Å²) in [5.41, 5.74) is 1.45. The summed E-state index contributed by atoms with van der Waals surface area (Å²) in [5.74, 6) is 0.865. The Bertz CT molecular complexity index is 1390. The van der Waals surface area contributed by atoms with Gasteiger partial charge in [0, 0.05) is 36.1 Å². The first kappa shape index (κ1) is 32.4. The van der Waals surface area contributed by atoms with Gasteiger partial charge in [-0.05, 0) is 74.2 Å². The average Bonchev–Trinajstić information content (AvgIpc) is 3.54. The van der Waals surface area contributed by atoms with Gasteiger partial charge in [0.05, 0.1) is 28.4 Å². The van der Waals surface area contributed by atoms with E-state index < -0.39 is 10.1 Å². The molecule has 12 nitrogen and oxygen atoms in total. The molecule has 2 fully saturated rings. The van der Waals surface area contributed by atoms with E-state index in [4.69, 9.17) is 4.55 Å². The molecule has 4 amide bonds. The van der Waals surface area contributed by atoms with Crippen LogP contribution in [0, 0.1) is 0 Å². The second-order valence-corrected chi connectivity index (χ2v) is 13.3. The van der Waals surface area contributed by atoms with Crippen molar-refractivity contribution in [3.63, 3.8) is 0 Å². The molecule has 0 bridgehead atoms. The molecule has 14 heteroatoms. The van der Waals surface area contributed by atoms with Crippen LogP contribution in [0.3, 0.4) is 0 Å². The minimum Gasteiger partial charge on any atom is -0.356 e. The predicted octanol–water partition coefficient (Wildman–Crippen LogP) is 4.48. The van der Waals surface area contributed by atoms with Crippen LogP contribution in [-0.4, -0.2) is 67.0 Å². The summed E-state index contributed by atoms with van der Waals surface area (Å²) in [6.45, 7) is 1.22. The van der Waals surface area contributed by atoms with Crippen molar-refractivity contribution in [3.05, 3.63) is 54.1 Å². The van der Waals surface area contributed by atoms with Crippen LogP contribution in [0.1, 0.15) is 61.7 Å². The lowest BCUT2D eigenvalue weighted by Crippen LogP contribution is -2.36. The van der Waals surface area contributed by atoms with E-state index in [-0.39, 0.29) is 34.8 Å². The summed E-state index contributed by atoms with van der Waals surface area (Å²) >= 11 is 1.90. The number of carbonyl (C=O) groups excluding carboxylic acids is 3. The molecule has 2 aromatic carbocycles. The van der Waals surface area contributed by atoms with E-state index in [1.54, 1.807) is 24.3 Å². The van der Waals surface area contributed by atoms with E-state index >= 15 is 0 Å². The standard InChI is InChI=1S/C29H38N6O6S2/c36-26(8-4-3-7-25-27-24(19-42-25)32-29(38)33-27)30-17-5-1-2-6-18-31-28(37)20-9-11-21(12-10-20)34-35-22-13-15-23(16-14-22)43(39,40)41/h9-16,24-25,27H,1-8,17-19H2,(H,30,36)(H,31,37)(H2,32,33,38)(H,39,40,41)/t24?,25-,27?/m1/s1. The molecule has 0 aromatic heterocycles. The second kappa shape index (κ2) is 15.8. The molecule has 43 heavy (non-hydrogen) atoms. The number of nitrogens with zero attached hydrogens (tertiary/aromatic N) is 2. The molecule has 2 aromatic rings. The molecule has 2 heterocycles. The van der Waals surface area contributed by atoms with Crippen molar-refractivity contribution in [1.29, 1.82) is 0 Å². The zero-order valence-corrected chi connectivity index (χ0v) is 25.5. The van der Waals surface area contributed by atoms with Gasteiger partial charge < -0.3 is 21.3 Å². The van der Waals surface area contributed by atoms with Crippen LogP contribution in [0.2, 0.25) is 0 Å². The van der Waals surface area contributed by atoms with Gasteiger partial charge in [-0.3, -0.25) is 14.1 Å². The van der Waals surface area contributed by atoms with Crippen molar-refractivity contribution in [2.75, 3.05) is 18.8 Å². The number of azo groups is 1. The SMILES string of the molecule is O=C(CCCC[C@H]1SCC2NC(=O)NC21)NCCCCCCNC(=O)c1ccc(N=Nc2ccc(S(=O)(=O)O)cc2)cc1. The van der Waals surface area contributed by atoms with Gasteiger partial charge in [-0.1, -0.05) is 19.3 Å². The van der Waals surface area contributed by atoms with Gasteiger partial charge in [0.1, 0.15) is 0 Å². The number of nitrogens with one attached hydrogen (secondary N) is 4. The summed E-state index contributed by atoms with van der Waals surface area (Å²) in [4.78, 5) is 35.7. The number of benzene rings is 2. The number of unbranched alkanes of at least 4 members (excludes halogenated alkanes) is 4. The van der Waals surface area contributed by atoms with E-state index in [0.29, 0.717) is 41.7 Å². The van der Waals surface area contributed by atoms with Crippen molar-refractivity contribution >= 4 is 51.1 Å². The first-order valence-corrected chi connectivity index (χ1v) is 17.0. The highest BCUT2D eigenvalue weighted by atomic mass is 32.2. The summed E-state index contributed by atoms with van der Waals surface area (Å²) < 4.78 is 31.2. The Balaban J connectivity index is 1.00. The Hall–Kier alpha value is -3.49. The number of hydrogen-bond acceptors (Lipinski definition) is 8. The summed E-state index contributed by atoms with van der Waals surface area (Å²) in [7, 11) is -4.26. The fourth-order valence-electron chi connectivity index (χ4n) is 4.98. The van der Waals surface area contributed by atoms with Crippen LogP contribution in [0.25, 0.3) is 0 Å². The third-order valence-corrected chi connectivity index (χ3v) is 9.71. The number of amides is 4. The van der Waals surface area contributed by atoms with E-state index in [9.17, 15) is 22.8 Å². The molecule has 5 N–H and O–H groups in total. The molecule has 3 atom stereocenters. The number of urea groups is 1. The Morgan fingerprint density at radius 2 is 1.49 bits per heavy atom. The number of fused-ring (bicyclic) bond motifs is 1. The number of thioether (sulfide) groups is 1. The average molecular weight is 631 g/mol. The van der Waals surface area contributed by atoms with Gasteiger partial charge >= 0.3 is 6.03 Å². The zero-order valence-electron chi connectivity index (χ0n) is 23.8. The van der Waals surface area contributed by atoms with Crippen molar-refractivity contribution in [1.82, 2.24) is 21.3 Å². The van der Waals surface area contributed by atoms with Crippen LogP contribution >= 0.6 is 11.8 Å². The lowest BCUT2D eigenvalue weighted by Gasteiger charge is -2.16. The summed E-state index contributed by atoms with van der Waals surface area (Å²) in [5, 5.41) is 20.4. The van der Waals surface area contributed by atoms with E-state index in [2.05, 4.69) is 31.5 Å². The molecule has 2 aliphatic rings. The van der Waals surface area contributed by atoms with Crippen LogP contribution < -0.4 is 21.3 Å². The molecule has 0 aliphatic carbocycles. The molecule has 0 radical (unpaired) electrons. The highest BCUT2D eigenvalue weighted by Crippen LogP contribution is 2.33. The maximum atomic E-state index is 12.4. The van der Waals surface area contributed by atoms with Crippen LogP contribution in [-0.2, 0) is 14.9 Å². The minimum absolute atomic E-state index is 0.0666. The fourth-order valence-corrected chi connectivity index (χ4v) is 7.00. The summed E-state index contributed by atoms with van der Waals surface area (Å²) in [6.07, 6.45) is 7.03. The molecular weight excluding hydrogens is 592 g/mol. The Morgan fingerprint density at radius 3 is 2.14 bits per heavy atom. The smallest absolute Gasteiger partial charge is 0.315 e. The molecule has 0 spiro atoms. The molecule has 4 rings (SSSR count). The maximum absolute atomic E-state index is 12.4. The highest BCUT2D eigenvalue weighted by molar-refractivity contribution is 8.00. The van der Waals surface area contributed by atoms with Crippen LogP contribution in [0.15, 0.2) is 63.7 Å². The number of hydrogen-bond donors (Lipinski definition) is 5. The summed E-state index contributed by atoms with van der Waals surface area (Å²) in [6, 6.07) is 12.4. The number of rotatable bonds is 16. The maximum Gasteiger partial charge on any atom is 0.315 e. The fraction of sp³-hybridized carbons (Fsp3) is 0.483. The quantitative estimate of drug-likeness (QED) is 0.0785. The van der Waals surface area contributed by atoms with Crippen molar-refractivity contribution in [2.24, 2.45) is 10.2 Å². The third kappa shape index (κ3) is 10.3. The molecule has 0 saturated carbocycles. The molecule has 2 unspecified atom stereocenters. The molecule has 2 saturated heterocycles. The third-order valence-electron chi connectivity index (χ3n) is 7.34. The van der Waals surface area contributed by atoms with Gasteiger partial charge in [0.15, 0.2) is 0 Å². The zero-order chi connectivity index (χ0) is 30.7. The minimum atomic E-state index is -4.26. The normalized spacial score (nSPS) is 19.6. The van der Waals surface area contributed by atoms with E-state index in [1.165, 1.54) is 24.3 Å². The van der Waals surface area contributed by atoms with Gasteiger partial charge in [-0.25, -0.2) is 4.79 Å². The Kier molecular flexibility index (Phi) is 11.9. The highest BCUT2D eigenvalue weighted by Gasteiger charge is 2.42. The number of carbonyl (C=O) groups is 3. The second-order valence-electron chi connectivity index (χ2n) is 10.6. The topological polar surface area (TPSA) is 178 Å². The van der Waals surface area contributed by atoms with Crippen LogP contribution in [0.4, 0.5) is 16.2 Å². The Morgan fingerprint density at radius 1 is 0.860 bits per heavy atom. The van der Waals surface area contributed by atoms with Crippen molar-refractivity contribution in [2.45, 2.75) is 73.6 Å². The van der Waals surface area contributed by atoms with Gasteiger partial charge in [0.2, 0.25) is 5.91 Å².